The van der Waals surface area contributed by atoms with Crippen molar-refractivity contribution < 1.29 is 18.3 Å². The number of nitrogens with one attached hydrogen (secondary N) is 1. The first-order valence-corrected chi connectivity index (χ1v) is 8.83. The van der Waals surface area contributed by atoms with Gasteiger partial charge in [0, 0.05) is 16.4 Å². The molecule has 3 N–H and O–H groups in total. The number of ether oxygens (including phenoxy) is 1. The van der Waals surface area contributed by atoms with E-state index >= 15 is 0 Å². The first-order chi connectivity index (χ1) is 12.9. The molecule has 144 valence electrons. The zero-order valence-electron chi connectivity index (χ0n) is 14.6. The second-order valence-electron chi connectivity index (χ2n) is 5.72. The molecular formula is C18H19BrF2N4O2. The van der Waals surface area contributed by atoms with Gasteiger partial charge in [0.25, 0.3) is 5.91 Å². The summed E-state index contributed by atoms with van der Waals surface area (Å²) in [5.41, 5.74) is 6.91. The lowest BCUT2D eigenvalue weighted by atomic mass is 10.2. The highest BCUT2D eigenvalue weighted by atomic mass is 79.9. The molecule has 27 heavy (non-hydrogen) atoms. The molecule has 1 aliphatic heterocycles. The van der Waals surface area contributed by atoms with Gasteiger partial charge in [-0.05, 0) is 58.7 Å². The Morgan fingerprint density at radius 2 is 2.11 bits per heavy atom. The molecule has 2 aromatic rings. The van der Waals surface area contributed by atoms with Crippen LogP contribution in [0.25, 0.3) is 0 Å². The summed E-state index contributed by atoms with van der Waals surface area (Å²) < 4.78 is 30.2. The topological polar surface area (TPSA) is 89.6 Å². The lowest BCUT2D eigenvalue weighted by Crippen LogP contribution is -2.31. The number of aromatic nitrogens is 1. The van der Waals surface area contributed by atoms with E-state index in [-0.39, 0.29) is 17.8 Å². The number of carbonyl (C=O) groups excluding carboxylic acids is 1. The molecule has 3 rings (SSSR count). The van der Waals surface area contributed by atoms with Gasteiger partial charge in [-0.1, -0.05) is 0 Å². The maximum absolute atomic E-state index is 12.7. The molecule has 1 unspecified atom stereocenters. The molecular weight excluding hydrogens is 422 g/mol. The highest BCUT2D eigenvalue weighted by Gasteiger charge is 2.12. The van der Waals surface area contributed by atoms with Crippen LogP contribution < -0.4 is 11.1 Å². The maximum Gasteiger partial charge on any atom is 0.274 e. The average molecular weight is 441 g/mol. The van der Waals surface area contributed by atoms with E-state index in [4.69, 9.17) is 10.5 Å². The third kappa shape index (κ3) is 6.69. The minimum absolute atomic E-state index is 0.313. The van der Waals surface area contributed by atoms with E-state index in [2.05, 4.69) is 31.2 Å². The summed E-state index contributed by atoms with van der Waals surface area (Å²) in [5.74, 6) is -0.263. The number of benzene rings is 1. The van der Waals surface area contributed by atoms with Crippen molar-refractivity contribution in [1.82, 2.24) is 4.98 Å². The molecule has 0 saturated heterocycles. The van der Waals surface area contributed by atoms with Gasteiger partial charge in [-0.3, -0.25) is 9.79 Å². The van der Waals surface area contributed by atoms with E-state index in [0.717, 1.165) is 10.0 Å². The van der Waals surface area contributed by atoms with E-state index in [1.54, 1.807) is 13.1 Å². The van der Waals surface area contributed by atoms with Crippen molar-refractivity contribution in [2.45, 2.75) is 13.0 Å². The van der Waals surface area contributed by atoms with Crippen molar-refractivity contribution in [2.24, 2.45) is 10.7 Å². The molecule has 0 bridgehead atoms. The Bertz CT molecular complexity index is 816. The van der Waals surface area contributed by atoms with Crippen molar-refractivity contribution in [3.63, 3.8) is 0 Å². The molecule has 0 radical (unpaired) electrons. The Morgan fingerprint density at radius 1 is 1.41 bits per heavy atom. The fourth-order valence-corrected chi connectivity index (χ4v) is 2.64. The highest BCUT2D eigenvalue weighted by molar-refractivity contribution is 9.10. The number of hydrogen-bond acceptors (Lipinski definition) is 5. The fraction of sp³-hybridized carbons (Fsp3) is 0.278. The molecule has 9 heteroatoms. The molecule has 0 aliphatic carbocycles. The minimum atomic E-state index is -0.485. The van der Waals surface area contributed by atoms with Crippen LogP contribution in [-0.2, 0) is 4.74 Å². The van der Waals surface area contributed by atoms with Gasteiger partial charge in [0.2, 0.25) is 0 Å². The number of amides is 1. The largest absolute Gasteiger partial charge is 0.386 e. The van der Waals surface area contributed by atoms with Gasteiger partial charge in [-0.25, -0.2) is 13.8 Å². The van der Waals surface area contributed by atoms with Crippen LogP contribution in [0.2, 0.25) is 0 Å². The van der Waals surface area contributed by atoms with Crippen LogP contribution in [0.5, 0.6) is 0 Å². The first-order valence-electron chi connectivity index (χ1n) is 8.04. The Labute approximate surface area is 164 Å². The molecule has 6 nitrogen and oxygen atoms in total. The summed E-state index contributed by atoms with van der Waals surface area (Å²) in [6.45, 7) is 2.02. The predicted molar refractivity (Wildman–Crippen MR) is 103 cm³/mol. The number of amidine groups is 1. The molecule has 1 aliphatic rings. The number of nitrogens with two attached hydrogens (primary N) is 1. The Morgan fingerprint density at radius 3 is 2.67 bits per heavy atom. The van der Waals surface area contributed by atoms with Gasteiger partial charge in [0.05, 0.1) is 6.61 Å². The van der Waals surface area contributed by atoms with E-state index < -0.39 is 6.67 Å². The summed E-state index contributed by atoms with van der Waals surface area (Å²) in [4.78, 5) is 19.8. The monoisotopic (exact) mass is 440 g/mol. The molecule has 0 saturated carbocycles. The van der Waals surface area contributed by atoms with Crippen molar-refractivity contribution in [3.05, 3.63) is 58.1 Å². The summed E-state index contributed by atoms with van der Waals surface area (Å²) >= 11 is 3.28. The smallest absolute Gasteiger partial charge is 0.274 e. The fourth-order valence-electron chi connectivity index (χ4n) is 2.19. The van der Waals surface area contributed by atoms with Crippen LogP contribution in [0.15, 0.2) is 46.0 Å². The van der Waals surface area contributed by atoms with E-state index in [0.29, 0.717) is 30.4 Å². The number of anilines is 1. The second kappa shape index (κ2) is 10.1. The molecule has 1 aromatic carbocycles. The third-order valence-electron chi connectivity index (χ3n) is 3.45. The van der Waals surface area contributed by atoms with Crippen LogP contribution in [0.3, 0.4) is 0 Å². The Kier molecular flexibility index (Phi) is 7.81. The SMILES string of the molecule is Cc1cc(Br)cnc1C(=O)Nc1ccc(F)cc1.NC1=NC(CF)COC1. The number of carbonyl (C=O) groups is 1. The van der Waals surface area contributed by atoms with Gasteiger partial charge < -0.3 is 15.8 Å². The average Bonchev–Trinajstić information content (AvgIpc) is 2.64. The summed E-state index contributed by atoms with van der Waals surface area (Å²) in [5, 5.41) is 2.66. The van der Waals surface area contributed by atoms with E-state index in [1.807, 2.05) is 6.07 Å². The number of rotatable bonds is 3. The van der Waals surface area contributed by atoms with Gasteiger partial charge in [-0.15, -0.1) is 0 Å². The summed E-state index contributed by atoms with van der Waals surface area (Å²) in [6, 6.07) is 7.03. The van der Waals surface area contributed by atoms with Gasteiger partial charge in [0.15, 0.2) is 0 Å². The predicted octanol–water partition coefficient (Wildman–Crippen LogP) is 3.26. The van der Waals surface area contributed by atoms with Crippen LogP contribution in [0.4, 0.5) is 14.5 Å². The van der Waals surface area contributed by atoms with Crippen molar-refractivity contribution in [1.29, 1.82) is 0 Å². The quantitative estimate of drug-likeness (QED) is 0.766. The normalized spacial score (nSPS) is 16.0. The summed E-state index contributed by atoms with van der Waals surface area (Å²) in [6.07, 6.45) is 1.56. The van der Waals surface area contributed by atoms with Gasteiger partial charge in [0.1, 0.15) is 36.7 Å². The lowest BCUT2D eigenvalue weighted by molar-refractivity contribution is 0.102. The van der Waals surface area contributed by atoms with Crippen molar-refractivity contribution >= 4 is 33.4 Å². The van der Waals surface area contributed by atoms with Crippen LogP contribution in [0, 0.1) is 12.7 Å². The zero-order valence-corrected chi connectivity index (χ0v) is 16.2. The van der Waals surface area contributed by atoms with Crippen molar-refractivity contribution in [2.75, 3.05) is 25.2 Å². The number of hydrogen-bond donors (Lipinski definition) is 2. The number of halogens is 3. The molecule has 0 spiro atoms. The Balaban J connectivity index is 0.000000244. The molecule has 0 fully saturated rings. The molecule has 2 heterocycles. The van der Waals surface area contributed by atoms with E-state index in [9.17, 15) is 13.6 Å². The number of nitrogens with zero attached hydrogens (tertiary/aromatic N) is 2. The number of pyridine rings is 1. The van der Waals surface area contributed by atoms with Crippen LogP contribution in [-0.4, -0.2) is 42.7 Å². The Hall–Kier alpha value is -2.39. The molecule has 1 amide bonds. The maximum atomic E-state index is 12.7. The van der Waals surface area contributed by atoms with Crippen LogP contribution in [0.1, 0.15) is 16.1 Å². The molecule has 1 atom stereocenters. The van der Waals surface area contributed by atoms with E-state index in [1.165, 1.54) is 24.3 Å². The van der Waals surface area contributed by atoms with Gasteiger partial charge in [-0.2, -0.15) is 0 Å². The molecule has 1 aromatic heterocycles. The summed E-state index contributed by atoms with van der Waals surface area (Å²) in [7, 11) is 0. The highest BCUT2D eigenvalue weighted by Crippen LogP contribution is 2.15. The minimum Gasteiger partial charge on any atom is -0.386 e. The first kappa shape index (κ1) is 20.9. The standard InChI is InChI=1S/C13H10BrFN2O.C5H9FN2O/c1-8-6-9(14)7-16-12(8)13(18)17-11-4-2-10(15)3-5-11;6-1-4-2-9-3-5(7)8-4/h2-7H,1H3,(H,17,18);4H,1-3H2,(H2,7,8). The third-order valence-corrected chi connectivity index (χ3v) is 3.88. The number of aliphatic imine (C=N–C) groups is 1. The lowest BCUT2D eigenvalue weighted by Gasteiger charge is -2.15. The second-order valence-corrected chi connectivity index (χ2v) is 6.64. The van der Waals surface area contributed by atoms with Crippen LogP contribution >= 0.6 is 15.9 Å². The van der Waals surface area contributed by atoms with Gasteiger partial charge >= 0.3 is 0 Å². The number of aryl methyl sites for hydroxylation is 1. The van der Waals surface area contributed by atoms with Crippen molar-refractivity contribution in [3.8, 4) is 0 Å². The zero-order chi connectivity index (χ0) is 19.8. The number of alkyl halides is 1.